The van der Waals surface area contributed by atoms with Gasteiger partial charge in [-0.1, -0.05) is 0 Å². The summed E-state index contributed by atoms with van der Waals surface area (Å²) in [5.74, 6) is 0.898. The molecule has 26 heavy (non-hydrogen) atoms. The number of likely N-dealkylation sites (tertiary alicyclic amines) is 1. The van der Waals surface area contributed by atoms with Crippen LogP contribution in [-0.2, 0) is 0 Å². The molecule has 0 bridgehead atoms. The van der Waals surface area contributed by atoms with Crippen molar-refractivity contribution >= 4 is 30.0 Å². The Morgan fingerprint density at radius 2 is 2.15 bits per heavy atom. The van der Waals surface area contributed by atoms with Crippen molar-refractivity contribution in [3.8, 4) is 5.75 Å². The molecule has 3 rings (SSSR count). The molecule has 0 aromatic heterocycles. The average molecular weight is 383 g/mol. The number of hydrogen-bond donors (Lipinski definition) is 2. The molecular weight excluding hydrogens is 356 g/mol. The van der Waals surface area contributed by atoms with Crippen molar-refractivity contribution < 1.29 is 14.3 Å². The molecule has 3 amide bonds. The second kappa shape index (κ2) is 8.60. The topological polar surface area (TPSA) is 87.9 Å². The van der Waals surface area contributed by atoms with Crippen LogP contribution in [0.2, 0.25) is 0 Å². The summed E-state index contributed by atoms with van der Waals surface area (Å²) < 4.78 is 5.37. The smallest absolute Gasteiger partial charge is 0.322 e. The Bertz CT molecular complexity index is 668. The Kier molecular flexibility index (Phi) is 6.72. The normalized spacial score (nSPS) is 21.0. The first-order valence-electron chi connectivity index (χ1n) is 8.79. The Morgan fingerprint density at radius 1 is 1.38 bits per heavy atom. The molecule has 0 aliphatic carbocycles. The van der Waals surface area contributed by atoms with Gasteiger partial charge in [0.15, 0.2) is 0 Å². The third kappa shape index (κ3) is 4.04. The predicted molar refractivity (Wildman–Crippen MR) is 103 cm³/mol. The number of amides is 3. The molecule has 0 saturated carbocycles. The van der Waals surface area contributed by atoms with Crippen LogP contribution in [0, 0.1) is 5.92 Å². The minimum Gasteiger partial charge on any atom is -0.495 e. The molecule has 8 heteroatoms. The lowest BCUT2D eigenvalue weighted by Crippen LogP contribution is -2.45. The number of anilines is 1. The van der Waals surface area contributed by atoms with Gasteiger partial charge in [0.2, 0.25) is 0 Å². The van der Waals surface area contributed by atoms with Crippen molar-refractivity contribution in [3.05, 3.63) is 23.8 Å². The maximum Gasteiger partial charge on any atom is 0.322 e. The van der Waals surface area contributed by atoms with Gasteiger partial charge in [-0.2, -0.15) is 0 Å². The number of nitrogens with zero attached hydrogens (tertiary/aromatic N) is 2. The number of nitrogens with two attached hydrogens (primary N) is 1. The Hall–Kier alpha value is -1.99. The van der Waals surface area contributed by atoms with Gasteiger partial charge >= 0.3 is 6.03 Å². The SMILES string of the molecule is COc1ccc(C(=O)N2CCCC(C(C)N)C2)cc1N1CCNC1=O.Cl. The highest BCUT2D eigenvalue weighted by Crippen LogP contribution is 2.31. The van der Waals surface area contributed by atoms with Crippen molar-refractivity contribution in [3.63, 3.8) is 0 Å². The zero-order valence-electron chi connectivity index (χ0n) is 15.2. The lowest BCUT2D eigenvalue weighted by Gasteiger charge is -2.34. The number of methoxy groups -OCH3 is 1. The third-order valence-corrected chi connectivity index (χ3v) is 5.06. The van der Waals surface area contributed by atoms with Gasteiger partial charge in [-0.15, -0.1) is 12.4 Å². The highest BCUT2D eigenvalue weighted by atomic mass is 35.5. The van der Waals surface area contributed by atoms with Gasteiger partial charge in [0.1, 0.15) is 5.75 Å². The van der Waals surface area contributed by atoms with Gasteiger partial charge in [-0.3, -0.25) is 9.69 Å². The lowest BCUT2D eigenvalue weighted by molar-refractivity contribution is 0.0661. The van der Waals surface area contributed by atoms with Gasteiger partial charge < -0.3 is 20.7 Å². The Labute approximate surface area is 160 Å². The number of carbonyl (C=O) groups is 2. The highest BCUT2D eigenvalue weighted by Gasteiger charge is 2.29. The molecule has 7 nitrogen and oxygen atoms in total. The fraction of sp³-hybridized carbons (Fsp3) is 0.556. The Morgan fingerprint density at radius 3 is 2.77 bits per heavy atom. The van der Waals surface area contributed by atoms with E-state index in [0.717, 1.165) is 19.4 Å². The maximum absolute atomic E-state index is 12.9. The third-order valence-electron chi connectivity index (χ3n) is 5.06. The summed E-state index contributed by atoms with van der Waals surface area (Å²) in [6.07, 6.45) is 2.03. The zero-order chi connectivity index (χ0) is 18.0. The predicted octanol–water partition coefficient (Wildman–Crippen LogP) is 1.85. The van der Waals surface area contributed by atoms with Crippen molar-refractivity contribution in [2.75, 3.05) is 38.2 Å². The number of piperidine rings is 1. The van der Waals surface area contributed by atoms with Crippen LogP contribution in [0.3, 0.4) is 0 Å². The van der Waals surface area contributed by atoms with Crippen LogP contribution in [0.4, 0.5) is 10.5 Å². The van der Waals surface area contributed by atoms with E-state index in [9.17, 15) is 9.59 Å². The molecule has 3 N–H and O–H groups in total. The van der Waals surface area contributed by atoms with Gasteiger partial charge in [0, 0.05) is 37.8 Å². The van der Waals surface area contributed by atoms with Crippen LogP contribution < -0.4 is 20.7 Å². The van der Waals surface area contributed by atoms with E-state index < -0.39 is 0 Å². The minimum atomic E-state index is -0.169. The second-order valence-corrected chi connectivity index (χ2v) is 6.78. The van der Waals surface area contributed by atoms with Crippen molar-refractivity contribution in [2.24, 2.45) is 11.7 Å². The summed E-state index contributed by atoms with van der Waals surface area (Å²) >= 11 is 0. The molecule has 2 aliphatic rings. The molecule has 2 aliphatic heterocycles. The molecule has 144 valence electrons. The molecule has 2 heterocycles. The maximum atomic E-state index is 12.9. The molecule has 2 unspecified atom stereocenters. The van der Waals surface area contributed by atoms with Gasteiger partial charge in [-0.25, -0.2) is 4.79 Å². The fourth-order valence-corrected chi connectivity index (χ4v) is 3.54. The monoisotopic (exact) mass is 382 g/mol. The first-order valence-corrected chi connectivity index (χ1v) is 8.79. The number of carbonyl (C=O) groups excluding carboxylic acids is 2. The summed E-state index contributed by atoms with van der Waals surface area (Å²) in [6.45, 7) is 4.57. The van der Waals surface area contributed by atoms with E-state index in [1.807, 2.05) is 11.8 Å². The van der Waals surface area contributed by atoms with Crippen LogP contribution in [0.15, 0.2) is 18.2 Å². The van der Waals surface area contributed by atoms with Gasteiger partial charge in [-0.05, 0) is 43.9 Å². The number of rotatable bonds is 4. The van der Waals surface area contributed by atoms with E-state index in [1.165, 1.54) is 0 Å². The number of benzene rings is 1. The van der Waals surface area contributed by atoms with E-state index in [1.54, 1.807) is 30.2 Å². The molecule has 0 radical (unpaired) electrons. The summed E-state index contributed by atoms with van der Waals surface area (Å²) in [6, 6.07) is 5.17. The highest BCUT2D eigenvalue weighted by molar-refractivity contribution is 6.00. The molecule has 2 atom stereocenters. The standard InChI is InChI=1S/C18H26N4O3.ClH/c1-12(19)14-4-3-8-21(11-14)17(23)13-5-6-16(25-2)15(10-13)22-9-7-20-18(22)24;/h5-6,10,12,14H,3-4,7-9,11,19H2,1-2H3,(H,20,24);1H. The van der Waals surface area contributed by atoms with Crippen LogP contribution in [0.25, 0.3) is 0 Å². The first kappa shape index (κ1) is 20.3. The van der Waals surface area contributed by atoms with Crippen LogP contribution in [0.1, 0.15) is 30.1 Å². The van der Waals surface area contributed by atoms with E-state index in [-0.39, 0.29) is 30.4 Å². The fourth-order valence-electron chi connectivity index (χ4n) is 3.54. The Balaban J connectivity index is 0.00000243. The average Bonchev–Trinajstić information content (AvgIpc) is 3.06. The van der Waals surface area contributed by atoms with E-state index in [2.05, 4.69) is 5.32 Å². The molecule has 0 spiro atoms. The quantitative estimate of drug-likeness (QED) is 0.831. The number of urea groups is 1. The summed E-state index contributed by atoms with van der Waals surface area (Å²) in [4.78, 5) is 28.4. The van der Waals surface area contributed by atoms with E-state index in [0.29, 0.717) is 42.6 Å². The number of halogens is 1. The molecular formula is C18H27ClN4O3. The zero-order valence-corrected chi connectivity index (χ0v) is 16.1. The van der Waals surface area contributed by atoms with Gasteiger partial charge in [0.05, 0.1) is 12.8 Å². The summed E-state index contributed by atoms with van der Waals surface area (Å²) in [5.41, 5.74) is 7.22. The van der Waals surface area contributed by atoms with Gasteiger partial charge in [0.25, 0.3) is 5.91 Å². The largest absolute Gasteiger partial charge is 0.495 e. The van der Waals surface area contributed by atoms with Crippen molar-refractivity contribution in [2.45, 2.75) is 25.8 Å². The number of nitrogens with one attached hydrogen (secondary N) is 1. The van der Waals surface area contributed by atoms with E-state index >= 15 is 0 Å². The number of ether oxygens (including phenoxy) is 1. The number of hydrogen-bond acceptors (Lipinski definition) is 4. The van der Waals surface area contributed by atoms with Crippen LogP contribution >= 0.6 is 12.4 Å². The van der Waals surface area contributed by atoms with Crippen LogP contribution in [0.5, 0.6) is 5.75 Å². The first-order chi connectivity index (χ1) is 12.0. The molecule has 2 fully saturated rings. The minimum absolute atomic E-state index is 0. The van der Waals surface area contributed by atoms with Crippen molar-refractivity contribution in [1.82, 2.24) is 10.2 Å². The summed E-state index contributed by atoms with van der Waals surface area (Å²) in [7, 11) is 1.56. The van der Waals surface area contributed by atoms with E-state index in [4.69, 9.17) is 10.5 Å². The molecule has 2 saturated heterocycles. The van der Waals surface area contributed by atoms with Crippen molar-refractivity contribution in [1.29, 1.82) is 0 Å². The molecule has 1 aromatic rings. The van der Waals surface area contributed by atoms with Crippen LogP contribution in [-0.4, -0.2) is 56.2 Å². The second-order valence-electron chi connectivity index (χ2n) is 6.78. The lowest BCUT2D eigenvalue weighted by atomic mass is 9.92. The molecule has 1 aromatic carbocycles. The summed E-state index contributed by atoms with van der Waals surface area (Å²) in [5, 5.41) is 2.77.